The molecule has 0 saturated heterocycles. The summed E-state index contributed by atoms with van der Waals surface area (Å²) in [5.41, 5.74) is 2.49. The molecule has 0 atom stereocenters. The van der Waals surface area contributed by atoms with Gasteiger partial charge >= 0.3 is 0 Å². The molecule has 0 saturated carbocycles. The average molecular weight is 189 g/mol. The predicted molar refractivity (Wildman–Crippen MR) is 58.5 cm³/mol. The van der Waals surface area contributed by atoms with E-state index in [-0.39, 0.29) is 0 Å². The lowest BCUT2D eigenvalue weighted by atomic mass is 10.1. The maximum atomic E-state index is 4.37. The van der Waals surface area contributed by atoms with Gasteiger partial charge in [-0.3, -0.25) is 0 Å². The molecule has 0 aliphatic carbocycles. The summed E-state index contributed by atoms with van der Waals surface area (Å²) in [6.45, 7) is 2.16. The van der Waals surface area contributed by atoms with Crippen LogP contribution in [0.1, 0.15) is 26.2 Å². The highest BCUT2D eigenvalue weighted by molar-refractivity contribution is 6.00. The molecular formula is C11H15N3. The molecule has 2 aliphatic heterocycles. The van der Waals surface area contributed by atoms with Gasteiger partial charge in [-0.2, -0.15) is 0 Å². The van der Waals surface area contributed by atoms with Gasteiger partial charge in [-0.05, 0) is 31.8 Å². The maximum absolute atomic E-state index is 4.37. The van der Waals surface area contributed by atoms with Crippen LogP contribution >= 0.6 is 0 Å². The molecule has 0 radical (unpaired) electrons. The van der Waals surface area contributed by atoms with E-state index in [1.165, 1.54) is 12.0 Å². The molecule has 0 fully saturated rings. The van der Waals surface area contributed by atoms with E-state index in [1.807, 2.05) is 18.6 Å². The number of hydrogen-bond acceptors (Lipinski definition) is 3. The zero-order valence-corrected chi connectivity index (χ0v) is 8.38. The average Bonchev–Trinajstić information content (AvgIpc) is 2.30. The quantitative estimate of drug-likeness (QED) is 0.611. The summed E-state index contributed by atoms with van der Waals surface area (Å²) < 4.78 is 0. The molecule has 0 aromatic rings. The third kappa shape index (κ3) is 1.87. The van der Waals surface area contributed by atoms with E-state index in [0.717, 1.165) is 24.4 Å². The summed E-state index contributed by atoms with van der Waals surface area (Å²) in [6.07, 6.45) is 11.2. The van der Waals surface area contributed by atoms with Gasteiger partial charge in [0.25, 0.3) is 0 Å². The number of rotatable bonds is 0. The summed E-state index contributed by atoms with van der Waals surface area (Å²) in [6, 6.07) is 0. The van der Waals surface area contributed by atoms with Gasteiger partial charge in [-0.15, -0.1) is 0 Å². The predicted octanol–water partition coefficient (Wildman–Crippen LogP) is 2.02. The van der Waals surface area contributed by atoms with E-state index in [9.17, 15) is 0 Å². The van der Waals surface area contributed by atoms with Crippen LogP contribution < -0.4 is 10.6 Å². The van der Waals surface area contributed by atoms with E-state index >= 15 is 0 Å². The molecule has 2 aliphatic rings. The van der Waals surface area contributed by atoms with Crippen molar-refractivity contribution in [3.05, 3.63) is 35.9 Å². The van der Waals surface area contributed by atoms with Gasteiger partial charge in [-0.25, -0.2) is 4.99 Å². The number of amidine groups is 1. The molecule has 2 rings (SSSR count). The number of nitrogens with zero attached hydrogens (tertiary/aromatic N) is 1. The Labute approximate surface area is 84.3 Å². The number of aliphatic imine (C=N–C) groups is 1. The molecule has 0 aromatic heterocycles. The Morgan fingerprint density at radius 1 is 1.29 bits per heavy atom. The number of allylic oxidation sites excluding steroid dienone is 2. The molecule has 0 bridgehead atoms. The van der Waals surface area contributed by atoms with E-state index in [0.29, 0.717) is 0 Å². The number of nitrogens with one attached hydrogen (secondary N) is 2. The van der Waals surface area contributed by atoms with Crippen LogP contribution in [0.25, 0.3) is 0 Å². The number of fused-ring (bicyclic) bond motifs is 1. The minimum atomic E-state index is 0.920. The largest absolute Gasteiger partial charge is 0.357 e. The molecule has 14 heavy (non-hydrogen) atoms. The first-order valence-corrected chi connectivity index (χ1v) is 4.99. The highest BCUT2D eigenvalue weighted by atomic mass is 15.1. The van der Waals surface area contributed by atoms with Crippen LogP contribution in [0.4, 0.5) is 0 Å². The summed E-state index contributed by atoms with van der Waals surface area (Å²) in [5.74, 6) is 0.920. The Morgan fingerprint density at radius 2 is 2.14 bits per heavy atom. The first-order chi connectivity index (χ1) is 6.88. The maximum Gasteiger partial charge on any atom is 0.153 e. The molecule has 0 amide bonds. The standard InChI is InChI=1S/C11H15N3/c1-9-5-3-2-4-6-13-11-10(9)12-7-8-14-11/h4,6-8,12H,2-3,5H2,1H3,(H,13,14)/b6-4-,10-9+. The third-order valence-corrected chi connectivity index (χ3v) is 2.43. The molecule has 0 aromatic carbocycles. The Balaban J connectivity index is 2.36. The van der Waals surface area contributed by atoms with Crippen molar-refractivity contribution >= 4 is 5.84 Å². The Bertz CT molecular complexity index is 334. The fourth-order valence-corrected chi connectivity index (χ4v) is 1.63. The van der Waals surface area contributed by atoms with Gasteiger partial charge < -0.3 is 10.6 Å². The molecule has 3 nitrogen and oxygen atoms in total. The second-order valence-electron chi connectivity index (χ2n) is 3.53. The molecule has 2 N–H and O–H groups in total. The second kappa shape index (κ2) is 4.13. The zero-order chi connectivity index (χ0) is 9.80. The molecule has 2 heterocycles. The van der Waals surface area contributed by atoms with Crippen LogP contribution in [0.5, 0.6) is 0 Å². The summed E-state index contributed by atoms with van der Waals surface area (Å²) in [4.78, 5) is 4.37. The van der Waals surface area contributed by atoms with Gasteiger partial charge in [-0.1, -0.05) is 6.08 Å². The Morgan fingerprint density at radius 3 is 3.07 bits per heavy atom. The normalized spacial score (nSPS) is 32.2. The monoisotopic (exact) mass is 189 g/mol. The van der Waals surface area contributed by atoms with E-state index in [2.05, 4.69) is 28.6 Å². The van der Waals surface area contributed by atoms with Gasteiger partial charge in [0.05, 0.1) is 5.70 Å². The minimum absolute atomic E-state index is 0.920. The Hall–Kier alpha value is -1.51. The van der Waals surface area contributed by atoms with Crippen molar-refractivity contribution in [1.29, 1.82) is 0 Å². The Kier molecular flexibility index (Phi) is 2.68. The summed E-state index contributed by atoms with van der Waals surface area (Å²) in [5, 5.41) is 6.38. The fraction of sp³-hybridized carbons (Fsp3) is 0.364. The lowest BCUT2D eigenvalue weighted by Gasteiger charge is -2.17. The van der Waals surface area contributed by atoms with Gasteiger partial charge in [0.1, 0.15) is 0 Å². The van der Waals surface area contributed by atoms with E-state index in [4.69, 9.17) is 0 Å². The topological polar surface area (TPSA) is 36.4 Å². The van der Waals surface area contributed by atoms with Crippen molar-refractivity contribution in [3.63, 3.8) is 0 Å². The van der Waals surface area contributed by atoms with Crippen LogP contribution in [0, 0.1) is 0 Å². The van der Waals surface area contributed by atoms with Gasteiger partial charge in [0, 0.05) is 18.6 Å². The summed E-state index contributed by atoms with van der Waals surface area (Å²) in [7, 11) is 0. The first-order valence-electron chi connectivity index (χ1n) is 4.99. The highest BCUT2D eigenvalue weighted by Crippen LogP contribution is 2.14. The third-order valence-electron chi connectivity index (χ3n) is 2.43. The van der Waals surface area contributed by atoms with Crippen LogP contribution in [0.15, 0.2) is 40.9 Å². The van der Waals surface area contributed by atoms with Crippen molar-refractivity contribution in [1.82, 2.24) is 10.6 Å². The lowest BCUT2D eigenvalue weighted by molar-refractivity contribution is 0.817. The molecule has 0 spiro atoms. The lowest BCUT2D eigenvalue weighted by Crippen LogP contribution is -2.32. The fourth-order valence-electron chi connectivity index (χ4n) is 1.63. The molecule has 74 valence electrons. The zero-order valence-electron chi connectivity index (χ0n) is 8.38. The van der Waals surface area contributed by atoms with Crippen LogP contribution in [0.2, 0.25) is 0 Å². The van der Waals surface area contributed by atoms with Crippen molar-refractivity contribution in [2.45, 2.75) is 26.2 Å². The van der Waals surface area contributed by atoms with Crippen LogP contribution in [-0.4, -0.2) is 5.84 Å². The highest BCUT2D eigenvalue weighted by Gasteiger charge is 2.11. The molecule has 0 unspecified atom stereocenters. The second-order valence-corrected chi connectivity index (χ2v) is 3.53. The summed E-state index contributed by atoms with van der Waals surface area (Å²) >= 11 is 0. The molecule has 3 heteroatoms. The van der Waals surface area contributed by atoms with Crippen LogP contribution in [0.3, 0.4) is 0 Å². The van der Waals surface area contributed by atoms with Crippen molar-refractivity contribution < 1.29 is 0 Å². The van der Waals surface area contributed by atoms with E-state index in [1.54, 1.807) is 0 Å². The van der Waals surface area contributed by atoms with Crippen molar-refractivity contribution in [2.24, 2.45) is 4.99 Å². The van der Waals surface area contributed by atoms with Gasteiger partial charge in [0.15, 0.2) is 5.84 Å². The SMILES string of the molecule is C\C1=C2/NC=CN/C2=N\C=C/CCC1. The van der Waals surface area contributed by atoms with Crippen molar-refractivity contribution in [3.8, 4) is 0 Å². The van der Waals surface area contributed by atoms with Crippen molar-refractivity contribution in [2.75, 3.05) is 0 Å². The molecular weight excluding hydrogens is 174 g/mol. The van der Waals surface area contributed by atoms with E-state index < -0.39 is 0 Å². The van der Waals surface area contributed by atoms with Crippen LogP contribution in [-0.2, 0) is 0 Å². The van der Waals surface area contributed by atoms with Gasteiger partial charge in [0.2, 0.25) is 0 Å². The first kappa shape index (κ1) is 9.06. The minimum Gasteiger partial charge on any atom is -0.357 e. The smallest absolute Gasteiger partial charge is 0.153 e. The number of hydrogen-bond donors (Lipinski definition) is 2.